The number of hydrogen-bond acceptors (Lipinski definition) is 10. The van der Waals surface area contributed by atoms with Crippen molar-refractivity contribution in [3.05, 3.63) is 0 Å². The number of thioether (sulfide) groups is 2. The fourth-order valence-corrected chi connectivity index (χ4v) is 11.0. The van der Waals surface area contributed by atoms with Gasteiger partial charge < -0.3 is 29.3 Å². The summed E-state index contributed by atoms with van der Waals surface area (Å²) in [5, 5.41) is 19.8. The molecule has 0 radical (unpaired) electrons. The lowest BCUT2D eigenvalue weighted by Gasteiger charge is -2.25. The molecule has 0 spiro atoms. The Balaban J connectivity index is 1.68. The summed E-state index contributed by atoms with van der Waals surface area (Å²) in [6, 6.07) is 0. The molecule has 0 aromatic rings. The number of esters is 2. The van der Waals surface area contributed by atoms with Crippen LogP contribution >= 0.6 is 23.5 Å². The summed E-state index contributed by atoms with van der Waals surface area (Å²) in [6.45, 7) is 7.46. The van der Waals surface area contributed by atoms with Crippen molar-refractivity contribution in [3.63, 3.8) is 0 Å². The Morgan fingerprint density at radius 2 is 1.08 bits per heavy atom. The van der Waals surface area contributed by atoms with Gasteiger partial charge in [-0.1, -0.05) is 129 Å². The lowest BCUT2D eigenvalue weighted by molar-refractivity contribution is -0.149. The van der Waals surface area contributed by atoms with Gasteiger partial charge in [0, 0.05) is 30.9 Å². The van der Waals surface area contributed by atoms with E-state index in [9.17, 15) is 14.7 Å². The fourth-order valence-electron chi connectivity index (χ4n) is 8.83. The van der Waals surface area contributed by atoms with Gasteiger partial charge in [-0.15, -0.1) is 0 Å². The van der Waals surface area contributed by atoms with E-state index >= 15 is 0 Å². The normalized spacial score (nSPS) is 17.0. The lowest BCUT2D eigenvalue weighted by atomic mass is 9.86. The number of unbranched alkanes of at least 4 members (excludes halogenated alkanes) is 10. The molecule has 0 aromatic heterocycles. The quantitative estimate of drug-likeness (QED) is 0.0457. The molecular formula is C49H93NO7S2. The van der Waals surface area contributed by atoms with E-state index in [-0.39, 0.29) is 44.0 Å². The van der Waals surface area contributed by atoms with Gasteiger partial charge in [0.2, 0.25) is 0 Å². The second-order valence-corrected chi connectivity index (χ2v) is 20.3. The summed E-state index contributed by atoms with van der Waals surface area (Å²) in [4.78, 5) is 28.0. The van der Waals surface area contributed by atoms with Crippen molar-refractivity contribution in [1.82, 2.24) is 4.90 Å². The topological polar surface area (TPSA) is 106 Å². The van der Waals surface area contributed by atoms with Crippen LogP contribution in [0.4, 0.5) is 0 Å². The van der Waals surface area contributed by atoms with Crippen LogP contribution in [0.15, 0.2) is 0 Å². The van der Waals surface area contributed by atoms with Crippen molar-refractivity contribution in [1.29, 1.82) is 0 Å². The number of carbonyl (C=O) groups excluding carboxylic acids is 2. The molecule has 2 rings (SSSR count). The maximum Gasteiger partial charge on any atom is 0.306 e. The van der Waals surface area contributed by atoms with Crippen LogP contribution in [0, 0.1) is 11.8 Å². The average Bonchev–Trinajstić information content (AvgIpc) is 3.24. The molecule has 0 amide bonds. The van der Waals surface area contributed by atoms with Gasteiger partial charge in [0.05, 0.1) is 25.9 Å². The Morgan fingerprint density at radius 1 is 0.627 bits per heavy atom. The molecule has 0 aliphatic heterocycles. The Bertz CT molecular complexity index is 899. The van der Waals surface area contributed by atoms with Gasteiger partial charge in [0.1, 0.15) is 12.2 Å². The van der Waals surface area contributed by atoms with Crippen LogP contribution in [-0.4, -0.2) is 108 Å². The minimum Gasteiger partial charge on any atom is -0.461 e. The molecule has 0 bridgehead atoms. The first-order valence-corrected chi connectivity index (χ1v) is 27.4. The van der Waals surface area contributed by atoms with Crippen molar-refractivity contribution in [2.24, 2.45) is 11.8 Å². The zero-order chi connectivity index (χ0) is 42.4. The maximum atomic E-state index is 12.8. The molecule has 0 saturated heterocycles. The third kappa shape index (κ3) is 31.9. The summed E-state index contributed by atoms with van der Waals surface area (Å²) in [5.74, 6) is 5.42. The van der Waals surface area contributed by atoms with Gasteiger partial charge in [-0.3, -0.25) is 9.59 Å². The van der Waals surface area contributed by atoms with Crippen LogP contribution in [0.5, 0.6) is 0 Å². The number of aliphatic hydroxyl groups is 2. The molecule has 8 nitrogen and oxygen atoms in total. The number of rotatable bonds is 40. The molecule has 10 heteroatoms. The Kier molecular flexibility index (Phi) is 36.2. The number of ether oxygens (including phenoxy) is 3. The SMILES string of the molecule is CCCCCCC(CSCCCCCN(CCCCCSCC(CCCCCC)OC(=O)CCC1CCCCC1)CC(O)COCCO)OC(=O)CCC1CCCCC1. The van der Waals surface area contributed by atoms with Crippen molar-refractivity contribution >= 4 is 35.5 Å². The average molecular weight is 872 g/mol. The number of nitrogens with zero attached hydrogens (tertiary/aromatic N) is 1. The van der Waals surface area contributed by atoms with E-state index in [1.807, 2.05) is 23.5 Å². The Labute approximate surface area is 372 Å². The van der Waals surface area contributed by atoms with E-state index in [1.165, 1.54) is 103 Å². The monoisotopic (exact) mass is 872 g/mol. The lowest BCUT2D eigenvalue weighted by Crippen LogP contribution is -2.36. The molecule has 2 aliphatic rings. The van der Waals surface area contributed by atoms with Crippen molar-refractivity contribution in [2.45, 2.75) is 225 Å². The minimum atomic E-state index is -0.563. The predicted molar refractivity (Wildman–Crippen MR) is 252 cm³/mol. The smallest absolute Gasteiger partial charge is 0.306 e. The molecular weight excluding hydrogens is 779 g/mol. The van der Waals surface area contributed by atoms with Gasteiger partial charge in [-0.2, -0.15) is 23.5 Å². The van der Waals surface area contributed by atoms with Gasteiger partial charge >= 0.3 is 11.9 Å². The standard InChI is InChI=1S/C49H93NO7S2/c1-3-5-7-17-27-46(56-48(53)31-29-43-23-13-9-14-24-43)41-58-37-21-11-19-33-50(39-45(52)40-55-36-35-51)34-20-12-22-38-59-42-47(28-18-8-6-4-2)57-49(54)32-30-44-25-15-10-16-26-44/h43-47,51-52H,3-42H2,1-2H3. The Hall–Kier alpha value is -0.520. The van der Waals surface area contributed by atoms with Gasteiger partial charge in [-0.05, 0) is 101 Å². The van der Waals surface area contributed by atoms with Crippen molar-refractivity contribution < 1.29 is 34.0 Å². The second-order valence-electron chi connectivity index (χ2n) is 18.0. The molecule has 59 heavy (non-hydrogen) atoms. The summed E-state index contributed by atoms with van der Waals surface area (Å²) in [5.41, 5.74) is 0. The summed E-state index contributed by atoms with van der Waals surface area (Å²) in [7, 11) is 0. The molecule has 3 atom stereocenters. The molecule has 2 saturated carbocycles. The maximum absolute atomic E-state index is 12.8. The fraction of sp³-hybridized carbons (Fsp3) is 0.959. The van der Waals surface area contributed by atoms with Crippen LogP contribution in [0.3, 0.4) is 0 Å². The van der Waals surface area contributed by atoms with Crippen LogP contribution < -0.4 is 0 Å². The van der Waals surface area contributed by atoms with Crippen LogP contribution in [0.25, 0.3) is 0 Å². The summed E-state index contributed by atoms with van der Waals surface area (Å²) >= 11 is 3.88. The van der Waals surface area contributed by atoms with Gasteiger partial charge in [-0.25, -0.2) is 0 Å². The zero-order valence-electron chi connectivity index (χ0n) is 38.4. The molecule has 3 unspecified atom stereocenters. The second kappa shape index (κ2) is 39.1. The molecule has 348 valence electrons. The van der Waals surface area contributed by atoms with Crippen LogP contribution in [0.1, 0.15) is 206 Å². The number of carbonyl (C=O) groups is 2. The van der Waals surface area contributed by atoms with E-state index in [1.54, 1.807) is 0 Å². The predicted octanol–water partition coefficient (Wildman–Crippen LogP) is 12.0. The minimum absolute atomic E-state index is 0.0129. The molecule has 0 heterocycles. The third-order valence-electron chi connectivity index (χ3n) is 12.5. The highest BCUT2D eigenvalue weighted by atomic mass is 32.2. The largest absolute Gasteiger partial charge is 0.461 e. The van der Waals surface area contributed by atoms with E-state index < -0.39 is 6.10 Å². The number of hydrogen-bond donors (Lipinski definition) is 2. The molecule has 0 aromatic carbocycles. The third-order valence-corrected chi connectivity index (χ3v) is 14.8. The van der Waals surface area contributed by atoms with Crippen molar-refractivity contribution in [3.8, 4) is 0 Å². The van der Waals surface area contributed by atoms with Crippen LogP contribution in [0.2, 0.25) is 0 Å². The molecule has 2 fully saturated rings. The van der Waals surface area contributed by atoms with E-state index in [0.717, 1.165) is 113 Å². The van der Waals surface area contributed by atoms with Crippen LogP contribution in [-0.2, 0) is 23.8 Å². The highest BCUT2D eigenvalue weighted by Crippen LogP contribution is 2.29. The highest BCUT2D eigenvalue weighted by molar-refractivity contribution is 7.99. The van der Waals surface area contributed by atoms with E-state index in [2.05, 4.69) is 18.7 Å². The molecule has 2 N–H and O–H groups in total. The van der Waals surface area contributed by atoms with E-state index in [0.29, 0.717) is 31.2 Å². The Morgan fingerprint density at radius 3 is 1.53 bits per heavy atom. The first-order chi connectivity index (χ1) is 28.9. The van der Waals surface area contributed by atoms with Gasteiger partial charge in [0.15, 0.2) is 0 Å². The van der Waals surface area contributed by atoms with Crippen molar-refractivity contribution in [2.75, 3.05) is 62.5 Å². The molecule has 2 aliphatic carbocycles. The first kappa shape index (κ1) is 54.6. The number of aliphatic hydroxyl groups excluding tert-OH is 2. The zero-order valence-corrected chi connectivity index (χ0v) is 40.0. The van der Waals surface area contributed by atoms with Gasteiger partial charge in [0.25, 0.3) is 0 Å². The highest BCUT2D eigenvalue weighted by Gasteiger charge is 2.20. The summed E-state index contributed by atoms with van der Waals surface area (Å²) < 4.78 is 17.6. The first-order valence-electron chi connectivity index (χ1n) is 25.1. The van der Waals surface area contributed by atoms with E-state index in [4.69, 9.17) is 19.3 Å². The summed E-state index contributed by atoms with van der Waals surface area (Å²) in [6.07, 6.45) is 34.1.